The number of oxime groups is 1. The van der Waals surface area contributed by atoms with Crippen molar-refractivity contribution in [1.29, 1.82) is 0 Å². The Bertz CT molecular complexity index is 589. The van der Waals surface area contributed by atoms with Gasteiger partial charge in [-0.1, -0.05) is 24.2 Å². The summed E-state index contributed by atoms with van der Waals surface area (Å²) in [7, 11) is 0. The molecule has 0 heterocycles. The van der Waals surface area contributed by atoms with Crippen LogP contribution in [0.2, 0.25) is 0 Å². The highest BCUT2D eigenvalue weighted by molar-refractivity contribution is 5.62. The van der Waals surface area contributed by atoms with E-state index in [9.17, 15) is 10.2 Å². The number of hydrogen-bond acceptors (Lipinski definition) is 5. The average Bonchev–Trinajstić information content (AvgIpc) is 2.83. The van der Waals surface area contributed by atoms with Crippen LogP contribution in [0, 0.1) is 11.3 Å². The molecular formula is C19H28N2O3. The van der Waals surface area contributed by atoms with Crippen molar-refractivity contribution >= 4 is 6.21 Å². The van der Waals surface area contributed by atoms with Crippen molar-refractivity contribution in [3.63, 3.8) is 0 Å². The van der Waals surface area contributed by atoms with Crippen LogP contribution in [0.15, 0.2) is 29.4 Å². The fourth-order valence-electron chi connectivity index (χ4n) is 4.57. The number of phenolic OH excluding ortho intramolecular Hbond substituents is 1. The summed E-state index contributed by atoms with van der Waals surface area (Å²) in [5, 5.41) is 24.9. The number of rotatable bonds is 5. The second kappa shape index (κ2) is 6.73. The molecule has 0 spiro atoms. The highest BCUT2D eigenvalue weighted by Gasteiger charge is 2.58. The number of benzene rings is 1. The minimum atomic E-state index is -0.668. The number of aliphatic hydroxyl groups is 1. The summed E-state index contributed by atoms with van der Waals surface area (Å²) in [6, 6.07) is 7.40. The van der Waals surface area contributed by atoms with Gasteiger partial charge in [-0.3, -0.25) is 0 Å². The van der Waals surface area contributed by atoms with E-state index < -0.39 is 5.60 Å². The molecule has 24 heavy (non-hydrogen) atoms. The van der Waals surface area contributed by atoms with Gasteiger partial charge in [0.15, 0.2) is 0 Å². The molecule has 4 atom stereocenters. The van der Waals surface area contributed by atoms with E-state index in [0.29, 0.717) is 19.1 Å². The fraction of sp³-hybridized carbons (Fsp3) is 0.632. The number of fused-ring (bicyclic) bond motifs is 1. The molecule has 1 aromatic rings. The molecule has 132 valence electrons. The minimum Gasteiger partial charge on any atom is -0.508 e. The van der Waals surface area contributed by atoms with Crippen LogP contribution in [0.25, 0.3) is 0 Å². The van der Waals surface area contributed by atoms with E-state index in [-0.39, 0.29) is 17.1 Å². The molecule has 0 aliphatic heterocycles. The molecule has 5 heteroatoms. The molecule has 2 saturated carbocycles. The predicted molar refractivity (Wildman–Crippen MR) is 94.0 cm³/mol. The molecule has 2 aliphatic carbocycles. The van der Waals surface area contributed by atoms with E-state index >= 15 is 0 Å². The quantitative estimate of drug-likeness (QED) is 0.439. The molecule has 0 radical (unpaired) electrons. The second-order valence-corrected chi connectivity index (χ2v) is 7.50. The Morgan fingerprint density at radius 2 is 2.04 bits per heavy atom. The Morgan fingerprint density at radius 3 is 2.75 bits per heavy atom. The van der Waals surface area contributed by atoms with Gasteiger partial charge >= 0.3 is 0 Å². The van der Waals surface area contributed by atoms with Gasteiger partial charge in [0.25, 0.3) is 0 Å². The lowest BCUT2D eigenvalue weighted by atomic mass is 9.59. The zero-order valence-corrected chi connectivity index (χ0v) is 14.3. The monoisotopic (exact) mass is 332 g/mol. The van der Waals surface area contributed by atoms with Crippen LogP contribution in [0.3, 0.4) is 0 Å². The fourth-order valence-corrected chi connectivity index (χ4v) is 4.57. The van der Waals surface area contributed by atoms with Gasteiger partial charge in [-0.25, -0.2) is 0 Å². The maximum Gasteiger partial charge on any atom is 0.129 e. The highest BCUT2D eigenvalue weighted by Crippen LogP contribution is 2.60. The lowest BCUT2D eigenvalue weighted by Crippen LogP contribution is -2.49. The van der Waals surface area contributed by atoms with Gasteiger partial charge in [-0.15, -0.1) is 0 Å². The molecule has 0 bridgehead atoms. The van der Waals surface area contributed by atoms with Gasteiger partial charge in [0, 0.05) is 24.1 Å². The van der Waals surface area contributed by atoms with Crippen LogP contribution >= 0.6 is 0 Å². The first-order valence-electron chi connectivity index (χ1n) is 8.85. The van der Waals surface area contributed by atoms with Gasteiger partial charge in [-0.05, 0) is 55.7 Å². The first-order valence-corrected chi connectivity index (χ1v) is 8.85. The first kappa shape index (κ1) is 17.2. The summed E-state index contributed by atoms with van der Waals surface area (Å²) in [6.07, 6.45) is 6.37. The van der Waals surface area contributed by atoms with Crippen LogP contribution in [-0.2, 0) is 4.84 Å². The summed E-state index contributed by atoms with van der Waals surface area (Å²) in [5.41, 5.74) is 5.78. The van der Waals surface area contributed by atoms with Crippen LogP contribution in [0.1, 0.15) is 50.5 Å². The topological polar surface area (TPSA) is 88.1 Å². The van der Waals surface area contributed by atoms with Gasteiger partial charge in [0.1, 0.15) is 12.4 Å². The third-order valence-electron chi connectivity index (χ3n) is 6.24. The normalized spacial score (nSPS) is 36.0. The smallest absolute Gasteiger partial charge is 0.129 e. The van der Waals surface area contributed by atoms with Crippen molar-refractivity contribution in [3.05, 3.63) is 29.8 Å². The minimum absolute atomic E-state index is 0.157. The first-order chi connectivity index (χ1) is 11.5. The number of nitrogens with zero attached hydrogens (tertiary/aromatic N) is 1. The van der Waals surface area contributed by atoms with Crippen LogP contribution in [-0.4, -0.2) is 35.2 Å². The Balaban J connectivity index is 1.72. The molecule has 2 fully saturated rings. The van der Waals surface area contributed by atoms with E-state index in [0.717, 1.165) is 32.1 Å². The Kier molecular flexibility index (Phi) is 4.83. The molecule has 1 aromatic carbocycles. The summed E-state index contributed by atoms with van der Waals surface area (Å²) >= 11 is 0. The van der Waals surface area contributed by atoms with Gasteiger partial charge < -0.3 is 20.8 Å². The third kappa shape index (κ3) is 3.03. The molecule has 4 N–H and O–H groups in total. The molecule has 0 amide bonds. The standard InChI is InChI=1S/C19H28N2O3/c1-18-8-6-15(14-2-4-17(22)5-3-14)12-19(18,23)9-7-16(18)13-21-24-11-10-20/h2-5,13,15-16,22-23H,6-12,20H2,1H3/t15-,16+,18+,19-/m0/s1. The van der Waals surface area contributed by atoms with E-state index in [2.05, 4.69) is 12.1 Å². The third-order valence-corrected chi connectivity index (χ3v) is 6.24. The molecule has 5 nitrogen and oxygen atoms in total. The number of hydrogen-bond donors (Lipinski definition) is 3. The maximum absolute atomic E-state index is 11.4. The lowest BCUT2D eigenvalue weighted by Gasteiger charge is -2.48. The van der Waals surface area contributed by atoms with Crippen LogP contribution in [0.5, 0.6) is 5.75 Å². The molecule has 0 saturated heterocycles. The zero-order valence-electron chi connectivity index (χ0n) is 14.3. The maximum atomic E-state index is 11.4. The summed E-state index contributed by atoms with van der Waals surface area (Å²) < 4.78 is 0. The second-order valence-electron chi connectivity index (χ2n) is 7.50. The van der Waals surface area contributed by atoms with Crippen LogP contribution in [0.4, 0.5) is 0 Å². The summed E-state index contributed by atoms with van der Waals surface area (Å²) in [6.45, 7) is 3.07. The zero-order chi connectivity index (χ0) is 17.2. The van der Waals surface area contributed by atoms with Crippen molar-refractivity contribution < 1.29 is 15.1 Å². The Labute approximate surface area is 143 Å². The number of nitrogens with two attached hydrogens (primary N) is 1. The van der Waals surface area contributed by atoms with Crippen molar-refractivity contribution in [2.24, 2.45) is 22.2 Å². The molecule has 3 rings (SSSR count). The predicted octanol–water partition coefficient (Wildman–Crippen LogP) is 2.77. The van der Waals surface area contributed by atoms with Crippen molar-refractivity contribution in [3.8, 4) is 5.75 Å². The van der Waals surface area contributed by atoms with Crippen molar-refractivity contribution in [2.45, 2.75) is 50.5 Å². The molecule has 2 aliphatic rings. The highest BCUT2D eigenvalue weighted by atomic mass is 16.6. The Hall–Kier alpha value is -1.59. The van der Waals surface area contributed by atoms with Crippen molar-refractivity contribution in [1.82, 2.24) is 0 Å². The van der Waals surface area contributed by atoms with Crippen molar-refractivity contribution in [2.75, 3.05) is 13.2 Å². The van der Waals surface area contributed by atoms with Gasteiger partial charge in [0.2, 0.25) is 0 Å². The largest absolute Gasteiger partial charge is 0.508 e. The molecular weight excluding hydrogens is 304 g/mol. The van der Waals surface area contributed by atoms with Gasteiger partial charge in [0.05, 0.1) is 5.60 Å². The molecule has 0 unspecified atom stereocenters. The van der Waals surface area contributed by atoms with Crippen LogP contribution < -0.4 is 5.73 Å². The average molecular weight is 332 g/mol. The number of aromatic hydroxyl groups is 1. The SMILES string of the molecule is C[C@]12CC[C@H](c3ccc(O)cc3)C[C@@]1(O)CC[C@@H]2C=NOCCN. The summed E-state index contributed by atoms with van der Waals surface area (Å²) in [4.78, 5) is 5.14. The van der Waals surface area contributed by atoms with E-state index in [1.54, 1.807) is 12.1 Å². The lowest BCUT2D eigenvalue weighted by molar-refractivity contribution is -0.0959. The number of phenols is 1. The van der Waals surface area contributed by atoms with E-state index in [4.69, 9.17) is 10.6 Å². The Morgan fingerprint density at radius 1 is 1.29 bits per heavy atom. The van der Waals surface area contributed by atoms with Gasteiger partial charge in [-0.2, -0.15) is 0 Å². The summed E-state index contributed by atoms with van der Waals surface area (Å²) in [5.74, 6) is 0.863. The van der Waals surface area contributed by atoms with E-state index in [1.807, 2.05) is 18.3 Å². The van der Waals surface area contributed by atoms with E-state index in [1.165, 1.54) is 5.56 Å². The molecule has 0 aromatic heterocycles.